The molecular formula is C10H16FN3O2S. The number of sulfonamides is 1. The second-order valence-corrected chi connectivity index (χ2v) is 5.16. The minimum Gasteiger partial charge on any atom is -0.370 e. The lowest BCUT2D eigenvalue weighted by Gasteiger charge is -2.07. The monoisotopic (exact) mass is 261 g/mol. The summed E-state index contributed by atoms with van der Waals surface area (Å²) in [4.78, 5) is 4.08. The van der Waals surface area contributed by atoms with E-state index in [-0.39, 0.29) is 11.4 Å². The Hall–Kier alpha value is -1.21. The van der Waals surface area contributed by atoms with Gasteiger partial charge in [0.15, 0.2) is 0 Å². The van der Waals surface area contributed by atoms with Crippen molar-refractivity contribution in [2.75, 3.05) is 25.1 Å². The molecule has 2 N–H and O–H groups in total. The third-order valence-electron chi connectivity index (χ3n) is 1.98. The molecule has 1 heterocycles. The number of aromatic nitrogens is 1. The van der Waals surface area contributed by atoms with Crippen LogP contribution in [0, 0.1) is 0 Å². The van der Waals surface area contributed by atoms with Crippen LogP contribution >= 0.6 is 0 Å². The number of rotatable bonds is 7. The van der Waals surface area contributed by atoms with Crippen LogP contribution in [0.2, 0.25) is 0 Å². The smallest absolute Gasteiger partial charge is 0.240 e. The van der Waals surface area contributed by atoms with Crippen LogP contribution in [-0.4, -0.2) is 33.2 Å². The van der Waals surface area contributed by atoms with Gasteiger partial charge in [0, 0.05) is 25.4 Å². The van der Waals surface area contributed by atoms with E-state index < -0.39 is 16.7 Å². The van der Waals surface area contributed by atoms with Gasteiger partial charge in [-0.15, -0.1) is 0 Å². The maximum Gasteiger partial charge on any atom is 0.240 e. The molecule has 1 rings (SSSR count). The topological polar surface area (TPSA) is 71.1 Å². The van der Waals surface area contributed by atoms with Gasteiger partial charge in [0.1, 0.15) is 12.5 Å². The van der Waals surface area contributed by atoms with Gasteiger partial charge in [-0.2, -0.15) is 0 Å². The molecule has 0 aliphatic carbocycles. The van der Waals surface area contributed by atoms with E-state index >= 15 is 0 Å². The van der Waals surface area contributed by atoms with Crippen molar-refractivity contribution >= 4 is 15.8 Å². The third-order valence-corrected chi connectivity index (χ3v) is 3.44. The van der Waals surface area contributed by atoms with E-state index in [9.17, 15) is 12.8 Å². The Morgan fingerprint density at radius 2 is 2.18 bits per heavy atom. The van der Waals surface area contributed by atoms with Gasteiger partial charge < -0.3 is 5.32 Å². The second kappa shape index (κ2) is 6.51. The maximum atomic E-state index is 11.9. The highest BCUT2D eigenvalue weighted by Gasteiger charge is 2.13. The lowest BCUT2D eigenvalue weighted by Crippen LogP contribution is -2.25. The predicted octanol–water partition coefficient (Wildman–Crippen LogP) is 1.15. The van der Waals surface area contributed by atoms with Gasteiger partial charge in [0.2, 0.25) is 10.0 Å². The van der Waals surface area contributed by atoms with Gasteiger partial charge in [-0.25, -0.2) is 22.5 Å². The summed E-state index contributed by atoms with van der Waals surface area (Å²) < 4.78 is 37.5. The highest BCUT2D eigenvalue weighted by molar-refractivity contribution is 7.89. The average molecular weight is 261 g/mol. The van der Waals surface area contributed by atoms with Crippen LogP contribution in [0.4, 0.5) is 10.2 Å². The van der Waals surface area contributed by atoms with Crippen molar-refractivity contribution in [1.29, 1.82) is 0 Å². The van der Waals surface area contributed by atoms with Crippen LogP contribution in [0.25, 0.3) is 0 Å². The molecule has 0 saturated carbocycles. The first-order chi connectivity index (χ1) is 8.10. The summed E-state index contributed by atoms with van der Waals surface area (Å²) in [6.45, 7) is 1.76. The van der Waals surface area contributed by atoms with Crippen molar-refractivity contribution in [2.45, 2.75) is 18.2 Å². The standard InChI is InChI=1S/C10H16FN3O2S/c1-2-5-12-10-8-9(3-6-13-10)17(15,16)14-7-4-11/h3,6,8,14H,2,4-5,7H2,1H3,(H,12,13). The van der Waals surface area contributed by atoms with Gasteiger partial charge in [-0.05, 0) is 12.5 Å². The number of hydrogen-bond donors (Lipinski definition) is 2. The first-order valence-electron chi connectivity index (χ1n) is 5.35. The molecule has 0 aromatic carbocycles. The van der Waals surface area contributed by atoms with Gasteiger partial charge in [-0.1, -0.05) is 6.92 Å². The molecule has 5 nitrogen and oxygen atoms in total. The maximum absolute atomic E-state index is 11.9. The molecule has 1 aromatic heterocycles. The first kappa shape index (κ1) is 13.9. The molecule has 17 heavy (non-hydrogen) atoms. The van der Waals surface area contributed by atoms with Crippen molar-refractivity contribution in [3.8, 4) is 0 Å². The summed E-state index contributed by atoms with van der Waals surface area (Å²) in [5.74, 6) is 0.495. The van der Waals surface area contributed by atoms with Crippen molar-refractivity contribution in [2.24, 2.45) is 0 Å². The Balaban J connectivity index is 2.83. The number of alkyl halides is 1. The van der Waals surface area contributed by atoms with Gasteiger partial charge in [-0.3, -0.25) is 0 Å². The Kier molecular flexibility index (Phi) is 5.30. The quantitative estimate of drug-likeness (QED) is 0.772. The van der Waals surface area contributed by atoms with Crippen molar-refractivity contribution in [3.63, 3.8) is 0 Å². The zero-order chi connectivity index (χ0) is 12.7. The summed E-state index contributed by atoms with van der Waals surface area (Å²) in [6, 6.07) is 2.80. The number of nitrogens with one attached hydrogen (secondary N) is 2. The summed E-state index contributed by atoms with van der Waals surface area (Å²) in [7, 11) is -3.64. The number of pyridine rings is 1. The van der Waals surface area contributed by atoms with Crippen LogP contribution in [-0.2, 0) is 10.0 Å². The molecule has 0 fully saturated rings. The molecule has 0 atom stereocenters. The second-order valence-electron chi connectivity index (χ2n) is 3.39. The van der Waals surface area contributed by atoms with E-state index in [2.05, 4.69) is 15.0 Å². The molecule has 0 amide bonds. The molecule has 0 saturated heterocycles. The predicted molar refractivity (Wildman–Crippen MR) is 64.2 cm³/mol. The summed E-state index contributed by atoms with van der Waals surface area (Å²) in [5.41, 5.74) is 0. The lowest BCUT2D eigenvalue weighted by atomic mass is 10.4. The number of halogens is 1. The van der Waals surface area contributed by atoms with Crippen molar-refractivity contribution in [1.82, 2.24) is 9.71 Å². The normalized spacial score (nSPS) is 11.4. The third kappa shape index (κ3) is 4.27. The minimum atomic E-state index is -3.64. The molecule has 96 valence electrons. The van der Waals surface area contributed by atoms with Crippen LogP contribution in [0.3, 0.4) is 0 Å². The first-order valence-corrected chi connectivity index (χ1v) is 6.84. The fourth-order valence-corrected chi connectivity index (χ4v) is 2.20. The van der Waals surface area contributed by atoms with Crippen LogP contribution < -0.4 is 10.0 Å². The Bertz CT molecular complexity index is 451. The fourth-order valence-electron chi connectivity index (χ4n) is 1.18. The molecule has 1 aromatic rings. The number of nitrogens with zero attached hydrogens (tertiary/aromatic N) is 1. The van der Waals surface area contributed by atoms with Crippen LogP contribution in [0.15, 0.2) is 23.2 Å². The minimum absolute atomic E-state index is 0.0829. The Labute approximate surface area is 101 Å². The van der Waals surface area contributed by atoms with E-state index in [1.165, 1.54) is 18.3 Å². The largest absolute Gasteiger partial charge is 0.370 e. The number of hydrogen-bond acceptors (Lipinski definition) is 4. The van der Waals surface area contributed by atoms with Gasteiger partial charge >= 0.3 is 0 Å². The van der Waals surface area contributed by atoms with Crippen LogP contribution in [0.1, 0.15) is 13.3 Å². The zero-order valence-electron chi connectivity index (χ0n) is 9.61. The molecule has 0 bridgehead atoms. The molecule has 7 heteroatoms. The van der Waals surface area contributed by atoms with Crippen molar-refractivity contribution < 1.29 is 12.8 Å². The Morgan fingerprint density at radius 3 is 2.82 bits per heavy atom. The summed E-state index contributed by atoms with van der Waals surface area (Å²) in [6.07, 6.45) is 2.32. The molecule has 0 aliphatic rings. The van der Waals surface area contributed by atoms with E-state index in [1.807, 2.05) is 6.92 Å². The molecule has 0 radical (unpaired) electrons. The van der Waals surface area contributed by atoms with Crippen molar-refractivity contribution in [3.05, 3.63) is 18.3 Å². The summed E-state index contributed by atoms with van der Waals surface area (Å²) in [5, 5.41) is 2.99. The number of anilines is 1. The molecule has 0 aliphatic heterocycles. The van der Waals surface area contributed by atoms with E-state index in [0.717, 1.165) is 6.42 Å². The lowest BCUT2D eigenvalue weighted by molar-refractivity contribution is 0.486. The van der Waals surface area contributed by atoms with Gasteiger partial charge in [0.05, 0.1) is 4.90 Å². The SMILES string of the molecule is CCCNc1cc(S(=O)(=O)NCCF)ccn1. The highest BCUT2D eigenvalue weighted by Crippen LogP contribution is 2.12. The molecule has 0 unspecified atom stereocenters. The van der Waals surface area contributed by atoms with Gasteiger partial charge in [0.25, 0.3) is 0 Å². The van der Waals surface area contributed by atoms with E-state index in [1.54, 1.807) is 0 Å². The van der Waals surface area contributed by atoms with E-state index in [0.29, 0.717) is 12.4 Å². The highest BCUT2D eigenvalue weighted by atomic mass is 32.2. The Morgan fingerprint density at radius 1 is 1.41 bits per heavy atom. The molecule has 0 spiro atoms. The summed E-state index contributed by atoms with van der Waals surface area (Å²) >= 11 is 0. The average Bonchev–Trinajstić information content (AvgIpc) is 2.34. The molecular weight excluding hydrogens is 245 g/mol. The fraction of sp³-hybridized carbons (Fsp3) is 0.500. The van der Waals surface area contributed by atoms with Crippen LogP contribution in [0.5, 0.6) is 0 Å². The van der Waals surface area contributed by atoms with E-state index in [4.69, 9.17) is 0 Å². The zero-order valence-corrected chi connectivity index (χ0v) is 10.4.